The number of ether oxygens (including phenoxy) is 1. The van der Waals surface area contributed by atoms with Crippen molar-refractivity contribution in [3.63, 3.8) is 0 Å². The zero-order valence-corrected chi connectivity index (χ0v) is 20.7. The summed E-state index contributed by atoms with van der Waals surface area (Å²) in [7, 11) is -6.20. The van der Waals surface area contributed by atoms with Gasteiger partial charge in [-0.15, -0.1) is 0 Å². The first-order chi connectivity index (χ1) is 12.7. The Labute approximate surface area is 171 Å². The van der Waals surface area contributed by atoms with Gasteiger partial charge in [0.25, 0.3) is 5.53 Å². The maximum Gasteiger partial charge on any atom is 0.389 e. The van der Waals surface area contributed by atoms with Gasteiger partial charge in [0, 0.05) is 18.3 Å². The number of hydrogen-bond donors (Lipinski definition) is 1. The third-order valence-electron chi connectivity index (χ3n) is 5.91. The molecular formula is C19H39O7PSi. The van der Waals surface area contributed by atoms with Gasteiger partial charge < -0.3 is 28.1 Å². The Bertz CT molecular complexity index is 567. The molecule has 0 radical (unpaired) electrons. The highest BCUT2D eigenvalue weighted by Gasteiger charge is 2.60. The summed E-state index contributed by atoms with van der Waals surface area (Å²) in [6.07, 6.45) is -0.371. The molecule has 1 unspecified atom stereocenters. The minimum atomic E-state index is -4.01. The van der Waals surface area contributed by atoms with Crippen LogP contribution in [0.15, 0.2) is 0 Å². The van der Waals surface area contributed by atoms with E-state index >= 15 is 0 Å². The normalized spacial score (nSPS) is 30.9. The minimum absolute atomic E-state index is 0.0416. The van der Waals surface area contributed by atoms with E-state index in [1.54, 1.807) is 20.8 Å². The molecule has 0 aromatic carbocycles. The highest BCUT2D eigenvalue weighted by Crippen LogP contribution is 2.64. The lowest BCUT2D eigenvalue weighted by atomic mass is 9.86. The second kappa shape index (κ2) is 9.37. The summed E-state index contributed by atoms with van der Waals surface area (Å²) in [6, 6.07) is 0. The molecule has 166 valence electrons. The Morgan fingerprint density at radius 2 is 1.79 bits per heavy atom. The molecule has 1 aliphatic rings. The predicted octanol–water partition coefficient (Wildman–Crippen LogP) is 4.55. The van der Waals surface area contributed by atoms with Crippen molar-refractivity contribution < 1.29 is 32.7 Å². The molecular weight excluding hydrogens is 399 g/mol. The minimum Gasteiger partial charge on any atom is -0.413 e. The van der Waals surface area contributed by atoms with Gasteiger partial charge in [0.1, 0.15) is 6.29 Å². The van der Waals surface area contributed by atoms with E-state index in [1.807, 2.05) is 6.92 Å². The van der Waals surface area contributed by atoms with E-state index < -0.39 is 39.6 Å². The molecule has 5 atom stereocenters. The van der Waals surface area contributed by atoms with Gasteiger partial charge >= 0.3 is 7.60 Å². The molecule has 0 saturated carbocycles. The van der Waals surface area contributed by atoms with Crippen molar-refractivity contribution in [1.29, 1.82) is 0 Å². The fourth-order valence-electron chi connectivity index (χ4n) is 3.16. The second-order valence-electron chi connectivity index (χ2n) is 9.13. The molecule has 0 amide bonds. The van der Waals surface area contributed by atoms with E-state index in [0.29, 0.717) is 0 Å². The van der Waals surface area contributed by atoms with Crippen molar-refractivity contribution in [2.75, 3.05) is 13.2 Å². The Kier molecular flexibility index (Phi) is 8.69. The van der Waals surface area contributed by atoms with Crippen LogP contribution in [-0.2, 0) is 27.6 Å². The average Bonchev–Trinajstić information content (AvgIpc) is 2.56. The molecule has 0 aliphatic carbocycles. The van der Waals surface area contributed by atoms with Crippen molar-refractivity contribution in [3.8, 4) is 0 Å². The second-order valence-corrected chi connectivity index (χ2v) is 16.1. The quantitative estimate of drug-likeness (QED) is 0.321. The van der Waals surface area contributed by atoms with Crippen LogP contribution < -0.4 is 0 Å². The summed E-state index contributed by atoms with van der Waals surface area (Å²) in [5, 5.41) is 11.3. The maximum atomic E-state index is 13.4. The number of carbonyl (C=O) groups is 1. The van der Waals surface area contributed by atoms with Crippen LogP contribution in [0.3, 0.4) is 0 Å². The van der Waals surface area contributed by atoms with E-state index in [-0.39, 0.29) is 30.6 Å². The van der Waals surface area contributed by atoms with Crippen molar-refractivity contribution in [1.82, 2.24) is 0 Å². The van der Waals surface area contributed by atoms with Gasteiger partial charge in [-0.25, -0.2) is 0 Å². The van der Waals surface area contributed by atoms with Gasteiger partial charge in [0.15, 0.2) is 8.32 Å². The summed E-state index contributed by atoms with van der Waals surface area (Å²) in [5.41, 5.74) is -2.17. The molecule has 1 aliphatic heterocycles. The highest BCUT2D eigenvalue weighted by molar-refractivity contribution is 7.55. The fourth-order valence-corrected chi connectivity index (χ4v) is 6.38. The third-order valence-corrected chi connectivity index (χ3v) is 12.8. The summed E-state index contributed by atoms with van der Waals surface area (Å²) in [4.78, 5) is 11.5. The van der Waals surface area contributed by atoms with Crippen LogP contribution in [0.5, 0.6) is 0 Å². The van der Waals surface area contributed by atoms with Gasteiger partial charge in [0.2, 0.25) is 0 Å². The lowest BCUT2D eigenvalue weighted by molar-refractivity contribution is -0.255. The number of hydrogen-bond acceptors (Lipinski definition) is 7. The molecule has 0 aromatic heterocycles. The fraction of sp³-hybridized carbons (Fsp3) is 0.947. The molecule has 1 fully saturated rings. The first-order valence-corrected chi connectivity index (χ1v) is 14.6. The first-order valence-electron chi connectivity index (χ1n) is 10.1. The molecule has 1 rings (SSSR count). The van der Waals surface area contributed by atoms with E-state index in [9.17, 15) is 14.5 Å². The van der Waals surface area contributed by atoms with E-state index in [4.69, 9.17) is 18.2 Å². The van der Waals surface area contributed by atoms with Crippen LogP contribution in [0.2, 0.25) is 18.1 Å². The zero-order valence-electron chi connectivity index (χ0n) is 18.9. The van der Waals surface area contributed by atoms with Crippen molar-refractivity contribution in [2.45, 2.75) is 90.8 Å². The van der Waals surface area contributed by atoms with Crippen LogP contribution in [0.1, 0.15) is 54.9 Å². The van der Waals surface area contributed by atoms with E-state index in [1.165, 1.54) is 0 Å². The molecule has 1 saturated heterocycles. The van der Waals surface area contributed by atoms with Crippen molar-refractivity contribution >= 4 is 22.2 Å². The standard InChI is InChI=1S/C19H39O7PSi/c1-10-23-27(22,24-11-2)19(21)12-16(26-28(8,9)18(5,6)7)15(4)17(25-19)14(3)13-20/h13-17,21H,10-12H2,1-9H3/t14-,15-,16+,17-,19?/m0/s1. The maximum absolute atomic E-state index is 13.4. The Balaban J connectivity index is 3.37. The van der Waals surface area contributed by atoms with Crippen molar-refractivity contribution in [2.24, 2.45) is 11.8 Å². The van der Waals surface area contributed by atoms with Crippen LogP contribution >= 0.6 is 7.60 Å². The monoisotopic (exact) mass is 438 g/mol. The summed E-state index contributed by atoms with van der Waals surface area (Å²) in [5.74, 6) is -0.685. The molecule has 0 spiro atoms. The number of aliphatic hydroxyl groups is 1. The lowest BCUT2D eigenvalue weighted by Gasteiger charge is -2.50. The predicted molar refractivity (Wildman–Crippen MR) is 112 cm³/mol. The molecule has 7 nitrogen and oxygen atoms in total. The van der Waals surface area contributed by atoms with Gasteiger partial charge in [-0.05, 0) is 32.0 Å². The Hall–Kier alpha value is -0.0831. The molecule has 1 heterocycles. The third kappa shape index (κ3) is 5.34. The number of carbonyl (C=O) groups excluding carboxylic acids is 1. The van der Waals surface area contributed by atoms with Gasteiger partial charge in [-0.1, -0.05) is 34.6 Å². The molecule has 0 aromatic rings. The number of aldehydes is 1. The Morgan fingerprint density at radius 3 is 2.18 bits per heavy atom. The molecule has 28 heavy (non-hydrogen) atoms. The number of rotatable bonds is 9. The van der Waals surface area contributed by atoms with E-state index in [0.717, 1.165) is 6.29 Å². The van der Waals surface area contributed by atoms with Crippen LogP contribution in [0.25, 0.3) is 0 Å². The zero-order chi connectivity index (χ0) is 22.0. The van der Waals surface area contributed by atoms with Crippen molar-refractivity contribution in [3.05, 3.63) is 0 Å². The van der Waals surface area contributed by atoms with Crippen LogP contribution in [0, 0.1) is 11.8 Å². The summed E-state index contributed by atoms with van der Waals surface area (Å²) < 4.78 is 36.6. The SMILES string of the molecule is CCOP(=O)(OCC)C1(O)C[C@@H](O[Si](C)(C)C(C)(C)C)[C@H](C)[C@H]([C@@H](C)C=O)O1. The van der Waals surface area contributed by atoms with Crippen LogP contribution in [0.4, 0.5) is 0 Å². The summed E-state index contributed by atoms with van der Waals surface area (Å²) in [6.45, 7) is 17.8. The first kappa shape index (κ1) is 26.0. The smallest absolute Gasteiger partial charge is 0.389 e. The Morgan fingerprint density at radius 1 is 1.29 bits per heavy atom. The molecule has 9 heteroatoms. The average molecular weight is 439 g/mol. The highest BCUT2D eigenvalue weighted by atomic mass is 31.2. The largest absolute Gasteiger partial charge is 0.413 e. The van der Waals surface area contributed by atoms with Gasteiger partial charge in [-0.3, -0.25) is 4.57 Å². The molecule has 1 N–H and O–H groups in total. The van der Waals surface area contributed by atoms with Crippen LogP contribution in [-0.4, -0.2) is 50.7 Å². The molecule has 0 bridgehead atoms. The lowest BCUT2D eigenvalue weighted by Crippen LogP contribution is -2.57. The van der Waals surface area contributed by atoms with Gasteiger partial charge in [0.05, 0.1) is 25.4 Å². The topological polar surface area (TPSA) is 91.3 Å². The summed E-state index contributed by atoms with van der Waals surface area (Å²) >= 11 is 0. The van der Waals surface area contributed by atoms with E-state index in [2.05, 4.69) is 33.9 Å². The van der Waals surface area contributed by atoms with Gasteiger partial charge in [-0.2, -0.15) is 0 Å².